The van der Waals surface area contributed by atoms with Crippen LogP contribution in [0, 0.1) is 5.92 Å². The number of nitrogens with zero attached hydrogens (tertiary/aromatic N) is 3. The smallest absolute Gasteiger partial charge is 0.224 e. The van der Waals surface area contributed by atoms with E-state index in [-0.39, 0.29) is 17.9 Å². The fraction of sp³-hybridized carbons (Fsp3) is 0.600. The molecule has 1 N–H and O–H groups in total. The third-order valence-electron chi connectivity index (χ3n) is 5.55. The zero-order chi connectivity index (χ0) is 17.9. The number of imidazole rings is 1. The van der Waals surface area contributed by atoms with Gasteiger partial charge in [-0.25, -0.2) is 4.98 Å². The first-order chi connectivity index (χ1) is 12.8. The zero-order valence-corrected chi connectivity index (χ0v) is 15.5. The molecule has 140 valence electrons. The van der Waals surface area contributed by atoms with Crippen LogP contribution in [0.2, 0.25) is 0 Å². The van der Waals surface area contributed by atoms with Crippen LogP contribution in [0.1, 0.15) is 32.6 Å². The van der Waals surface area contributed by atoms with Gasteiger partial charge in [-0.1, -0.05) is 12.1 Å². The van der Waals surface area contributed by atoms with Crippen molar-refractivity contribution in [3.8, 4) is 0 Å². The van der Waals surface area contributed by atoms with Crippen molar-refractivity contribution in [2.45, 2.75) is 45.3 Å². The molecule has 4 rings (SSSR count). The minimum atomic E-state index is 0.0234. The van der Waals surface area contributed by atoms with E-state index in [0.717, 1.165) is 68.9 Å². The normalized spacial score (nSPS) is 23.5. The molecule has 2 aromatic rings. The van der Waals surface area contributed by atoms with Crippen molar-refractivity contribution in [3.63, 3.8) is 0 Å². The Morgan fingerprint density at radius 2 is 2.19 bits per heavy atom. The second kappa shape index (κ2) is 7.66. The van der Waals surface area contributed by atoms with E-state index < -0.39 is 0 Å². The van der Waals surface area contributed by atoms with Gasteiger partial charge in [0.25, 0.3) is 0 Å². The number of anilines is 1. The number of rotatable bonds is 5. The molecule has 0 aliphatic carbocycles. The number of benzene rings is 1. The lowest BCUT2D eigenvalue weighted by Gasteiger charge is -2.33. The molecule has 2 aliphatic rings. The summed E-state index contributed by atoms with van der Waals surface area (Å²) in [5.41, 5.74) is 2.18. The number of fused-ring (bicyclic) bond motifs is 1. The SMILES string of the molecule is CCn1c(N2CCC[C@H](C(=O)NC[C@H]3CCCO3)C2)nc2ccccc21. The Hall–Kier alpha value is -2.08. The highest BCUT2D eigenvalue weighted by atomic mass is 16.5. The summed E-state index contributed by atoms with van der Waals surface area (Å²) in [6.45, 7) is 6.18. The van der Waals surface area contributed by atoms with Gasteiger partial charge >= 0.3 is 0 Å². The first kappa shape index (κ1) is 17.3. The van der Waals surface area contributed by atoms with E-state index in [9.17, 15) is 4.79 Å². The molecule has 0 bridgehead atoms. The van der Waals surface area contributed by atoms with Crippen LogP contribution < -0.4 is 10.2 Å². The highest BCUT2D eigenvalue weighted by molar-refractivity contribution is 5.81. The molecule has 0 spiro atoms. The van der Waals surface area contributed by atoms with Gasteiger partial charge in [0, 0.05) is 32.8 Å². The molecule has 2 fully saturated rings. The number of hydrogen-bond acceptors (Lipinski definition) is 4. The molecule has 2 saturated heterocycles. The van der Waals surface area contributed by atoms with Gasteiger partial charge < -0.3 is 19.5 Å². The first-order valence-corrected chi connectivity index (χ1v) is 9.85. The van der Waals surface area contributed by atoms with E-state index in [0.29, 0.717) is 6.54 Å². The van der Waals surface area contributed by atoms with Gasteiger partial charge in [-0.15, -0.1) is 0 Å². The lowest BCUT2D eigenvalue weighted by Crippen LogP contribution is -2.45. The maximum Gasteiger partial charge on any atom is 0.224 e. The molecule has 6 nitrogen and oxygen atoms in total. The molecule has 2 aliphatic heterocycles. The second-order valence-corrected chi connectivity index (χ2v) is 7.31. The quantitative estimate of drug-likeness (QED) is 0.894. The number of hydrogen-bond donors (Lipinski definition) is 1. The van der Waals surface area contributed by atoms with E-state index in [1.165, 1.54) is 0 Å². The largest absolute Gasteiger partial charge is 0.376 e. The van der Waals surface area contributed by atoms with Crippen LogP contribution in [0.4, 0.5) is 5.95 Å². The minimum Gasteiger partial charge on any atom is -0.376 e. The van der Waals surface area contributed by atoms with Crippen molar-refractivity contribution < 1.29 is 9.53 Å². The van der Waals surface area contributed by atoms with Crippen LogP contribution in [0.25, 0.3) is 11.0 Å². The molecule has 6 heteroatoms. The average molecular weight is 356 g/mol. The Bertz CT molecular complexity index is 766. The lowest BCUT2D eigenvalue weighted by molar-refractivity contribution is -0.125. The van der Waals surface area contributed by atoms with Gasteiger partial charge in [-0.05, 0) is 44.7 Å². The summed E-state index contributed by atoms with van der Waals surface area (Å²) in [4.78, 5) is 19.8. The van der Waals surface area contributed by atoms with Gasteiger partial charge in [-0.3, -0.25) is 4.79 Å². The van der Waals surface area contributed by atoms with Gasteiger partial charge in [-0.2, -0.15) is 0 Å². The molecule has 1 aromatic heterocycles. The van der Waals surface area contributed by atoms with Crippen LogP contribution >= 0.6 is 0 Å². The molecule has 2 atom stereocenters. The summed E-state index contributed by atoms with van der Waals surface area (Å²) in [5, 5.41) is 3.10. The number of nitrogens with one attached hydrogen (secondary N) is 1. The molecule has 0 unspecified atom stereocenters. The van der Waals surface area contributed by atoms with Crippen LogP contribution in [0.3, 0.4) is 0 Å². The van der Waals surface area contributed by atoms with E-state index in [4.69, 9.17) is 9.72 Å². The molecule has 0 radical (unpaired) electrons. The predicted molar refractivity (Wildman–Crippen MR) is 102 cm³/mol. The van der Waals surface area contributed by atoms with E-state index >= 15 is 0 Å². The average Bonchev–Trinajstić information content (AvgIpc) is 3.33. The van der Waals surface area contributed by atoms with Crippen molar-refractivity contribution in [3.05, 3.63) is 24.3 Å². The lowest BCUT2D eigenvalue weighted by atomic mass is 9.97. The highest BCUT2D eigenvalue weighted by Crippen LogP contribution is 2.27. The Morgan fingerprint density at radius 3 is 3.00 bits per heavy atom. The minimum absolute atomic E-state index is 0.0234. The monoisotopic (exact) mass is 356 g/mol. The standard InChI is InChI=1S/C20H28N4O2/c1-2-24-18-10-4-3-9-17(18)22-20(24)23-11-5-7-15(14-23)19(25)21-13-16-8-6-12-26-16/h3-4,9-10,15-16H,2,5-8,11-14H2,1H3,(H,21,25)/t15-,16+/m0/s1. The molecular weight excluding hydrogens is 328 g/mol. The van der Waals surface area contributed by atoms with Gasteiger partial charge in [0.1, 0.15) is 0 Å². The molecule has 1 amide bonds. The van der Waals surface area contributed by atoms with Crippen molar-refractivity contribution in [2.75, 3.05) is 31.1 Å². The summed E-state index contributed by atoms with van der Waals surface area (Å²) >= 11 is 0. The predicted octanol–water partition coefficient (Wildman–Crippen LogP) is 2.57. The molecule has 3 heterocycles. The molecule has 0 saturated carbocycles. The van der Waals surface area contributed by atoms with Crippen molar-refractivity contribution in [1.29, 1.82) is 0 Å². The Kier molecular flexibility index (Phi) is 5.11. The zero-order valence-electron chi connectivity index (χ0n) is 15.5. The summed E-state index contributed by atoms with van der Waals surface area (Å²) in [5.74, 6) is 1.17. The Morgan fingerprint density at radius 1 is 1.31 bits per heavy atom. The number of ether oxygens (including phenoxy) is 1. The van der Waals surface area contributed by atoms with E-state index in [1.807, 2.05) is 6.07 Å². The number of aryl methyl sites for hydroxylation is 1. The fourth-order valence-electron chi connectivity index (χ4n) is 4.15. The van der Waals surface area contributed by atoms with Gasteiger partial charge in [0.2, 0.25) is 11.9 Å². The summed E-state index contributed by atoms with van der Waals surface area (Å²) in [7, 11) is 0. The van der Waals surface area contributed by atoms with Crippen molar-refractivity contribution in [2.24, 2.45) is 5.92 Å². The third-order valence-corrected chi connectivity index (χ3v) is 5.55. The summed E-state index contributed by atoms with van der Waals surface area (Å²) in [6.07, 6.45) is 4.32. The van der Waals surface area contributed by atoms with Crippen molar-refractivity contribution in [1.82, 2.24) is 14.9 Å². The van der Waals surface area contributed by atoms with E-state index in [2.05, 4.69) is 39.9 Å². The van der Waals surface area contributed by atoms with Gasteiger partial charge in [0.15, 0.2) is 0 Å². The van der Waals surface area contributed by atoms with Crippen LogP contribution in [-0.2, 0) is 16.1 Å². The number of carbonyl (C=O) groups is 1. The van der Waals surface area contributed by atoms with Crippen LogP contribution in [0.15, 0.2) is 24.3 Å². The fourth-order valence-corrected chi connectivity index (χ4v) is 4.15. The molecular formula is C20H28N4O2. The third kappa shape index (κ3) is 3.43. The van der Waals surface area contributed by atoms with Gasteiger partial charge in [0.05, 0.1) is 23.1 Å². The highest BCUT2D eigenvalue weighted by Gasteiger charge is 2.29. The topological polar surface area (TPSA) is 59.4 Å². The molecule has 26 heavy (non-hydrogen) atoms. The maximum absolute atomic E-state index is 12.6. The van der Waals surface area contributed by atoms with Crippen LogP contribution in [0.5, 0.6) is 0 Å². The number of amides is 1. The molecule has 1 aromatic carbocycles. The Labute approximate surface area is 154 Å². The number of aromatic nitrogens is 2. The number of piperidine rings is 1. The number of carbonyl (C=O) groups excluding carboxylic acids is 1. The number of para-hydroxylation sites is 2. The van der Waals surface area contributed by atoms with Crippen molar-refractivity contribution >= 4 is 22.9 Å². The summed E-state index contributed by atoms with van der Waals surface area (Å²) < 4.78 is 7.86. The Balaban J connectivity index is 1.45. The van der Waals surface area contributed by atoms with E-state index in [1.54, 1.807) is 0 Å². The summed E-state index contributed by atoms with van der Waals surface area (Å²) in [6, 6.07) is 8.25. The first-order valence-electron chi connectivity index (χ1n) is 9.85. The maximum atomic E-state index is 12.6. The second-order valence-electron chi connectivity index (χ2n) is 7.31. The van der Waals surface area contributed by atoms with Crippen LogP contribution in [-0.4, -0.2) is 47.8 Å².